The normalized spacial score (nSPS) is 21.3. The summed E-state index contributed by atoms with van der Waals surface area (Å²) in [4.78, 5) is 19.8. The number of carbonyl (C=O) groups excluding carboxylic acids is 1. The highest BCUT2D eigenvalue weighted by Crippen LogP contribution is 2.22. The van der Waals surface area contributed by atoms with Crippen LogP contribution in [0.5, 0.6) is 0 Å². The first-order valence-corrected chi connectivity index (χ1v) is 6.53. The van der Waals surface area contributed by atoms with Gasteiger partial charge in [0.1, 0.15) is 0 Å². The molecule has 2 heterocycles. The van der Waals surface area contributed by atoms with Gasteiger partial charge in [-0.2, -0.15) is 0 Å². The van der Waals surface area contributed by atoms with E-state index in [0.29, 0.717) is 24.2 Å². The quantitative estimate of drug-likeness (QED) is 0.846. The number of piperidine rings is 1. The lowest BCUT2D eigenvalue weighted by Crippen LogP contribution is -2.34. The topological polar surface area (TPSA) is 66.9 Å². The van der Waals surface area contributed by atoms with E-state index in [1.165, 1.54) is 12.8 Å². The van der Waals surface area contributed by atoms with Crippen LogP contribution in [0.2, 0.25) is 0 Å². The lowest BCUT2D eigenvalue weighted by molar-refractivity contribution is -0.117. The van der Waals surface area contributed by atoms with Crippen LogP contribution in [-0.2, 0) is 4.79 Å². The van der Waals surface area contributed by atoms with Crippen molar-refractivity contribution in [3.63, 3.8) is 0 Å². The van der Waals surface area contributed by atoms with Crippen LogP contribution >= 0.6 is 0 Å². The Bertz CT molecular complexity index is 376. The summed E-state index contributed by atoms with van der Waals surface area (Å²) < 4.78 is 0. The lowest BCUT2D eigenvalue weighted by Gasteiger charge is -2.27. The maximum atomic E-state index is 11.9. The smallest absolute Gasteiger partial charge is 0.229 e. The second-order valence-electron chi connectivity index (χ2n) is 4.91. The van der Waals surface area contributed by atoms with Crippen molar-refractivity contribution in [2.75, 3.05) is 18.4 Å². The van der Waals surface area contributed by atoms with Crippen LogP contribution in [0.25, 0.3) is 0 Å². The highest BCUT2D eigenvalue weighted by molar-refractivity contribution is 5.88. The zero-order valence-electron chi connectivity index (χ0n) is 10.7. The molecule has 1 aliphatic heterocycles. The van der Waals surface area contributed by atoms with Gasteiger partial charge in [-0.1, -0.05) is 6.92 Å². The van der Waals surface area contributed by atoms with E-state index in [2.05, 4.69) is 27.5 Å². The second kappa shape index (κ2) is 6.44. The number of anilines is 1. The first kappa shape index (κ1) is 13.0. The van der Waals surface area contributed by atoms with Crippen LogP contribution in [0.4, 0.5) is 5.95 Å². The van der Waals surface area contributed by atoms with Crippen LogP contribution in [0.3, 0.4) is 0 Å². The summed E-state index contributed by atoms with van der Waals surface area (Å²) in [6.45, 7) is 4.27. The molecule has 1 aromatic rings. The molecule has 1 fully saturated rings. The Morgan fingerprint density at radius 3 is 3.00 bits per heavy atom. The van der Waals surface area contributed by atoms with Gasteiger partial charge in [0.2, 0.25) is 11.9 Å². The summed E-state index contributed by atoms with van der Waals surface area (Å²) in [7, 11) is 0. The zero-order chi connectivity index (χ0) is 12.8. The molecule has 18 heavy (non-hydrogen) atoms. The van der Waals surface area contributed by atoms with Crippen molar-refractivity contribution in [2.24, 2.45) is 11.8 Å². The van der Waals surface area contributed by atoms with Crippen LogP contribution in [0.1, 0.15) is 26.2 Å². The number of carbonyl (C=O) groups is 1. The molecule has 0 bridgehead atoms. The van der Waals surface area contributed by atoms with Gasteiger partial charge in [0, 0.05) is 18.8 Å². The molecule has 5 nitrogen and oxygen atoms in total. The molecular weight excluding hydrogens is 228 g/mol. The van der Waals surface area contributed by atoms with Gasteiger partial charge >= 0.3 is 0 Å². The van der Waals surface area contributed by atoms with Crippen LogP contribution < -0.4 is 10.6 Å². The predicted octanol–water partition coefficient (Wildman–Crippen LogP) is 1.44. The van der Waals surface area contributed by atoms with Crippen molar-refractivity contribution >= 4 is 11.9 Å². The molecule has 1 saturated heterocycles. The van der Waals surface area contributed by atoms with Gasteiger partial charge in [0.05, 0.1) is 0 Å². The van der Waals surface area contributed by atoms with Gasteiger partial charge in [-0.15, -0.1) is 0 Å². The Balaban J connectivity index is 1.79. The number of amides is 1. The largest absolute Gasteiger partial charge is 0.316 e. The van der Waals surface area contributed by atoms with Gasteiger partial charge in [-0.05, 0) is 43.8 Å². The molecule has 0 aromatic carbocycles. The molecule has 0 spiro atoms. The van der Waals surface area contributed by atoms with Gasteiger partial charge in [0.25, 0.3) is 0 Å². The van der Waals surface area contributed by atoms with E-state index in [9.17, 15) is 4.79 Å². The monoisotopic (exact) mass is 248 g/mol. The molecule has 5 heteroatoms. The summed E-state index contributed by atoms with van der Waals surface area (Å²) in [6, 6.07) is 1.73. The van der Waals surface area contributed by atoms with E-state index < -0.39 is 0 Å². The van der Waals surface area contributed by atoms with E-state index in [1.807, 2.05) is 0 Å². The van der Waals surface area contributed by atoms with E-state index >= 15 is 0 Å². The van der Waals surface area contributed by atoms with Crippen molar-refractivity contribution in [3.8, 4) is 0 Å². The first-order valence-electron chi connectivity index (χ1n) is 6.53. The fourth-order valence-corrected chi connectivity index (χ4v) is 2.36. The van der Waals surface area contributed by atoms with Crippen molar-refractivity contribution in [3.05, 3.63) is 18.5 Å². The van der Waals surface area contributed by atoms with E-state index in [1.54, 1.807) is 18.5 Å². The minimum Gasteiger partial charge on any atom is -0.316 e. The van der Waals surface area contributed by atoms with Crippen molar-refractivity contribution < 1.29 is 4.79 Å². The molecule has 0 saturated carbocycles. The number of hydrogen-bond donors (Lipinski definition) is 2. The molecule has 0 radical (unpaired) electrons. The average molecular weight is 248 g/mol. The Morgan fingerprint density at radius 1 is 1.56 bits per heavy atom. The Kier molecular flexibility index (Phi) is 4.64. The minimum atomic E-state index is -0.000673. The standard InChI is InChI=1S/C13H20N4O/c1-10(11-4-2-5-14-9-11)8-12(18)17-13-15-6-3-7-16-13/h3,6-7,10-11,14H,2,4-5,8-9H2,1H3,(H,15,16,17,18). The first-order chi connectivity index (χ1) is 8.75. The molecule has 1 aliphatic rings. The summed E-state index contributed by atoms with van der Waals surface area (Å²) >= 11 is 0. The van der Waals surface area contributed by atoms with Crippen LogP contribution in [0, 0.1) is 11.8 Å². The van der Waals surface area contributed by atoms with Gasteiger partial charge in [-0.25, -0.2) is 9.97 Å². The van der Waals surface area contributed by atoms with Crippen molar-refractivity contribution in [1.29, 1.82) is 0 Å². The highest BCUT2D eigenvalue weighted by atomic mass is 16.1. The average Bonchev–Trinajstić information content (AvgIpc) is 2.40. The highest BCUT2D eigenvalue weighted by Gasteiger charge is 2.22. The molecule has 2 rings (SSSR count). The molecule has 1 amide bonds. The number of nitrogens with one attached hydrogen (secondary N) is 2. The number of hydrogen-bond acceptors (Lipinski definition) is 4. The molecule has 0 aliphatic carbocycles. The van der Waals surface area contributed by atoms with E-state index in [-0.39, 0.29) is 5.91 Å². The predicted molar refractivity (Wildman–Crippen MR) is 70.0 cm³/mol. The van der Waals surface area contributed by atoms with Crippen molar-refractivity contribution in [1.82, 2.24) is 15.3 Å². The summed E-state index contributed by atoms with van der Waals surface area (Å²) in [5.41, 5.74) is 0. The second-order valence-corrected chi connectivity index (χ2v) is 4.91. The fraction of sp³-hybridized carbons (Fsp3) is 0.615. The Labute approximate surface area is 107 Å². The summed E-state index contributed by atoms with van der Waals surface area (Å²) in [5, 5.41) is 6.11. The third-order valence-electron chi connectivity index (χ3n) is 3.46. The molecule has 98 valence electrons. The summed E-state index contributed by atoms with van der Waals surface area (Å²) in [5.74, 6) is 1.37. The fourth-order valence-electron chi connectivity index (χ4n) is 2.36. The zero-order valence-corrected chi connectivity index (χ0v) is 10.7. The molecule has 2 atom stereocenters. The maximum Gasteiger partial charge on any atom is 0.229 e. The Hall–Kier alpha value is -1.49. The SMILES string of the molecule is CC(CC(=O)Nc1ncccn1)C1CCCNC1. The third-order valence-corrected chi connectivity index (χ3v) is 3.46. The van der Waals surface area contributed by atoms with Gasteiger partial charge in [0.15, 0.2) is 0 Å². The van der Waals surface area contributed by atoms with Crippen LogP contribution in [0.15, 0.2) is 18.5 Å². The molecular formula is C13H20N4O. The number of nitrogens with zero attached hydrogens (tertiary/aromatic N) is 2. The molecule has 2 N–H and O–H groups in total. The number of aromatic nitrogens is 2. The van der Waals surface area contributed by atoms with E-state index in [4.69, 9.17) is 0 Å². The number of rotatable bonds is 4. The Morgan fingerprint density at radius 2 is 2.33 bits per heavy atom. The van der Waals surface area contributed by atoms with Gasteiger partial charge in [-0.3, -0.25) is 10.1 Å². The summed E-state index contributed by atoms with van der Waals surface area (Å²) in [6.07, 6.45) is 6.19. The van der Waals surface area contributed by atoms with Crippen LogP contribution in [-0.4, -0.2) is 29.0 Å². The van der Waals surface area contributed by atoms with E-state index in [0.717, 1.165) is 13.1 Å². The third kappa shape index (κ3) is 3.77. The molecule has 2 unspecified atom stereocenters. The van der Waals surface area contributed by atoms with Gasteiger partial charge < -0.3 is 5.32 Å². The minimum absolute atomic E-state index is 0.000673. The lowest BCUT2D eigenvalue weighted by atomic mass is 9.85. The maximum absolute atomic E-state index is 11.9. The van der Waals surface area contributed by atoms with Crippen molar-refractivity contribution in [2.45, 2.75) is 26.2 Å². The molecule has 1 aromatic heterocycles.